The summed E-state index contributed by atoms with van der Waals surface area (Å²) < 4.78 is 39.1. The first-order valence-electron chi connectivity index (χ1n) is 10.9. The second kappa shape index (κ2) is 9.33. The van der Waals surface area contributed by atoms with Crippen molar-refractivity contribution in [1.29, 1.82) is 0 Å². The maximum Gasteiger partial charge on any atom is 0.416 e. The number of rotatable bonds is 6. The minimum Gasteiger partial charge on any atom is -0.481 e. The van der Waals surface area contributed by atoms with Crippen LogP contribution in [-0.4, -0.2) is 17.6 Å². The van der Waals surface area contributed by atoms with E-state index in [2.05, 4.69) is 43.0 Å². The van der Waals surface area contributed by atoms with Crippen molar-refractivity contribution >= 4 is 11.7 Å². The summed E-state index contributed by atoms with van der Waals surface area (Å²) in [6.45, 7) is 6.80. The Hall–Kier alpha value is -2.50. The molecule has 1 fully saturated rings. The first-order valence-corrected chi connectivity index (χ1v) is 10.9. The molecule has 6 heteroatoms. The van der Waals surface area contributed by atoms with Crippen LogP contribution in [0.4, 0.5) is 18.9 Å². The first-order chi connectivity index (χ1) is 14.6. The van der Waals surface area contributed by atoms with Crippen LogP contribution in [-0.2, 0) is 11.0 Å². The van der Waals surface area contributed by atoms with Crippen molar-refractivity contribution in [2.45, 2.75) is 58.2 Å². The van der Waals surface area contributed by atoms with E-state index in [1.165, 1.54) is 17.7 Å². The van der Waals surface area contributed by atoms with Crippen molar-refractivity contribution in [2.75, 3.05) is 11.4 Å². The Morgan fingerprint density at radius 3 is 2.19 bits per heavy atom. The quantitative estimate of drug-likeness (QED) is 0.539. The van der Waals surface area contributed by atoms with E-state index in [1.54, 1.807) is 0 Å². The van der Waals surface area contributed by atoms with Gasteiger partial charge in [0.1, 0.15) is 0 Å². The van der Waals surface area contributed by atoms with Gasteiger partial charge in [-0.3, -0.25) is 4.79 Å². The number of alkyl halides is 3. The topological polar surface area (TPSA) is 40.5 Å². The fourth-order valence-electron chi connectivity index (χ4n) is 4.64. The van der Waals surface area contributed by atoms with E-state index in [-0.39, 0.29) is 12.0 Å². The molecule has 3 rings (SSSR count). The van der Waals surface area contributed by atoms with Crippen molar-refractivity contribution in [3.63, 3.8) is 0 Å². The molecule has 31 heavy (non-hydrogen) atoms. The summed E-state index contributed by atoms with van der Waals surface area (Å²) in [6, 6.07) is 13.4. The molecule has 0 amide bonds. The van der Waals surface area contributed by atoms with Gasteiger partial charge in [0.25, 0.3) is 0 Å². The van der Waals surface area contributed by atoms with E-state index >= 15 is 0 Å². The first kappa shape index (κ1) is 23.2. The monoisotopic (exact) mass is 433 g/mol. The zero-order valence-electron chi connectivity index (χ0n) is 18.2. The maximum absolute atomic E-state index is 13.0. The minimum absolute atomic E-state index is 0.0130. The summed E-state index contributed by atoms with van der Waals surface area (Å²) >= 11 is 0. The molecule has 0 aromatic heterocycles. The minimum atomic E-state index is -4.38. The number of benzene rings is 2. The Labute approximate surface area is 181 Å². The number of hydrogen-bond donors (Lipinski definition) is 1. The molecule has 0 radical (unpaired) electrons. The van der Waals surface area contributed by atoms with Gasteiger partial charge in [0.2, 0.25) is 0 Å². The van der Waals surface area contributed by atoms with E-state index < -0.39 is 23.6 Å². The molecule has 2 aromatic rings. The normalized spacial score (nSPS) is 20.7. The van der Waals surface area contributed by atoms with Crippen molar-refractivity contribution < 1.29 is 23.1 Å². The van der Waals surface area contributed by atoms with Crippen LogP contribution in [0.2, 0.25) is 0 Å². The smallest absolute Gasteiger partial charge is 0.416 e. The lowest BCUT2D eigenvalue weighted by atomic mass is 9.78. The van der Waals surface area contributed by atoms with Gasteiger partial charge in [-0.15, -0.1) is 0 Å². The van der Waals surface area contributed by atoms with Crippen LogP contribution in [0.15, 0.2) is 48.5 Å². The summed E-state index contributed by atoms with van der Waals surface area (Å²) in [4.78, 5) is 13.9. The molecule has 1 aliphatic heterocycles. The number of aliphatic carboxylic acids is 1. The average molecular weight is 434 g/mol. The van der Waals surface area contributed by atoms with Crippen LogP contribution in [0.25, 0.3) is 0 Å². The Morgan fingerprint density at radius 1 is 1.10 bits per heavy atom. The molecule has 3 atom stereocenters. The molecule has 2 aromatic carbocycles. The lowest BCUT2D eigenvalue weighted by molar-refractivity contribution is -0.144. The fraction of sp³-hybridized carbons (Fsp3) is 0.480. The van der Waals surface area contributed by atoms with Crippen molar-refractivity contribution in [3.05, 3.63) is 65.2 Å². The number of nitrogens with zero attached hydrogens (tertiary/aromatic N) is 1. The highest BCUT2D eigenvalue weighted by Crippen LogP contribution is 2.42. The molecule has 0 bridgehead atoms. The van der Waals surface area contributed by atoms with Gasteiger partial charge in [0.05, 0.1) is 17.5 Å². The van der Waals surface area contributed by atoms with Gasteiger partial charge < -0.3 is 10.0 Å². The van der Waals surface area contributed by atoms with Gasteiger partial charge in [-0.2, -0.15) is 13.2 Å². The molecule has 3 nitrogen and oxygen atoms in total. The fourth-order valence-corrected chi connectivity index (χ4v) is 4.64. The Kier molecular flexibility index (Phi) is 6.97. The Morgan fingerprint density at radius 2 is 1.71 bits per heavy atom. The summed E-state index contributed by atoms with van der Waals surface area (Å²) in [5, 5.41) is 9.64. The Bertz CT molecular complexity index is 875. The van der Waals surface area contributed by atoms with Crippen LogP contribution in [0.5, 0.6) is 0 Å². The summed E-state index contributed by atoms with van der Waals surface area (Å²) in [5.41, 5.74) is 2.34. The molecular weight excluding hydrogens is 403 g/mol. The van der Waals surface area contributed by atoms with Gasteiger partial charge in [0, 0.05) is 12.2 Å². The van der Waals surface area contributed by atoms with Crippen LogP contribution in [0, 0.1) is 11.8 Å². The SMILES string of the molecule is CCC(C(=O)O)C1CCN(c2ccc(C(C)C)cc2)C(c2ccc(C(F)(F)F)cc2)C1. The third-order valence-corrected chi connectivity index (χ3v) is 6.48. The molecule has 1 N–H and O–H groups in total. The molecular formula is C25H30F3NO2. The number of halogens is 3. The zero-order chi connectivity index (χ0) is 22.8. The van der Waals surface area contributed by atoms with E-state index in [4.69, 9.17) is 0 Å². The van der Waals surface area contributed by atoms with Gasteiger partial charge >= 0.3 is 12.1 Å². The van der Waals surface area contributed by atoms with E-state index in [0.717, 1.165) is 29.8 Å². The van der Waals surface area contributed by atoms with E-state index in [9.17, 15) is 23.1 Å². The number of piperidine rings is 1. The second-order valence-electron chi connectivity index (χ2n) is 8.71. The molecule has 0 saturated carbocycles. The average Bonchev–Trinajstić information content (AvgIpc) is 2.73. The molecule has 0 aliphatic carbocycles. The molecule has 3 unspecified atom stereocenters. The van der Waals surface area contributed by atoms with Gasteiger partial charge in [0.15, 0.2) is 0 Å². The number of carbonyl (C=O) groups is 1. The van der Waals surface area contributed by atoms with Gasteiger partial charge in [-0.05, 0) is 66.5 Å². The van der Waals surface area contributed by atoms with Crippen LogP contribution in [0.3, 0.4) is 0 Å². The number of anilines is 1. The molecule has 0 spiro atoms. The van der Waals surface area contributed by atoms with Gasteiger partial charge in [-0.25, -0.2) is 0 Å². The molecule has 1 aliphatic rings. The highest BCUT2D eigenvalue weighted by atomic mass is 19.4. The largest absolute Gasteiger partial charge is 0.481 e. The van der Waals surface area contributed by atoms with Crippen LogP contribution < -0.4 is 4.90 Å². The lowest BCUT2D eigenvalue weighted by Crippen LogP contribution is -2.40. The zero-order valence-corrected chi connectivity index (χ0v) is 18.2. The van der Waals surface area contributed by atoms with Crippen molar-refractivity contribution in [1.82, 2.24) is 0 Å². The third kappa shape index (κ3) is 5.23. The van der Waals surface area contributed by atoms with E-state index in [0.29, 0.717) is 25.3 Å². The Balaban J connectivity index is 1.94. The lowest BCUT2D eigenvalue weighted by Gasteiger charge is -2.43. The highest BCUT2D eigenvalue weighted by Gasteiger charge is 2.37. The summed E-state index contributed by atoms with van der Waals surface area (Å²) in [6.07, 6.45) is -2.49. The predicted molar refractivity (Wildman–Crippen MR) is 116 cm³/mol. The predicted octanol–water partition coefficient (Wildman–Crippen LogP) is 6.90. The van der Waals surface area contributed by atoms with Crippen molar-refractivity contribution in [3.8, 4) is 0 Å². The molecule has 1 saturated heterocycles. The number of hydrogen-bond acceptors (Lipinski definition) is 2. The second-order valence-corrected chi connectivity index (χ2v) is 8.71. The molecule has 168 valence electrons. The van der Waals surface area contributed by atoms with E-state index in [1.807, 2.05) is 6.92 Å². The van der Waals surface area contributed by atoms with Gasteiger partial charge in [-0.1, -0.05) is 45.0 Å². The summed E-state index contributed by atoms with van der Waals surface area (Å²) in [7, 11) is 0. The highest BCUT2D eigenvalue weighted by molar-refractivity contribution is 5.70. The van der Waals surface area contributed by atoms with Crippen LogP contribution >= 0.6 is 0 Å². The number of carboxylic acids is 1. The molecule has 1 heterocycles. The maximum atomic E-state index is 13.0. The third-order valence-electron chi connectivity index (χ3n) is 6.48. The van der Waals surface area contributed by atoms with Crippen LogP contribution in [0.1, 0.15) is 68.7 Å². The standard InChI is InChI=1S/C25H30F3NO2/c1-4-22(24(30)31)19-13-14-29(21-11-7-17(8-12-21)16(2)3)23(15-19)18-5-9-20(10-6-18)25(26,27)28/h5-12,16,19,22-23H,4,13-15H2,1-3H3,(H,30,31). The summed E-state index contributed by atoms with van der Waals surface area (Å²) in [5.74, 6) is -0.844. The number of carboxylic acid groups (broad SMARTS) is 1. The van der Waals surface area contributed by atoms with Crippen molar-refractivity contribution in [2.24, 2.45) is 11.8 Å².